The van der Waals surface area contributed by atoms with Crippen LogP contribution in [0.3, 0.4) is 0 Å². The van der Waals surface area contributed by atoms with E-state index >= 15 is 0 Å². The molecule has 1 heterocycles. The first-order chi connectivity index (χ1) is 14.8. The Morgan fingerprint density at radius 2 is 1.87 bits per heavy atom. The van der Waals surface area contributed by atoms with Crippen LogP contribution in [0.5, 0.6) is 5.75 Å². The zero-order valence-electron chi connectivity index (χ0n) is 17.6. The highest BCUT2D eigenvalue weighted by Gasteiger charge is 2.26. The molecular weight excluding hydrogens is 414 g/mol. The van der Waals surface area contributed by atoms with E-state index in [-0.39, 0.29) is 34.7 Å². The molecule has 162 valence electrons. The third kappa shape index (κ3) is 5.28. The molecule has 1 amide bonds. The van der Waals surface area contributed by atoms with Crippen LogP contribution in [0.2, 0.25) is 0 Å². The standard InChI is InChI=1S/C23H25N3O4S/c1-17(20-10-7-13-24-15-20)25-23(27)19-11-12-21(30-3)22(14-19)31(28,29)26(2)16-18-8-5-4-6-9-18/h4-15,17H,16H2,1-3H3,(H,25,27)/t17-/m1/s1. The lowest BCUT2D eigenvalue weighted by molar-refractivity contribution is 0.0939. The average Bonchev–Trinajstić information content (AvgIpc) is 2.79. The Balaban J connectivity index is 1.86. The summed E-state index contributed by atoms with van der Waals surface area (Å²) in [5.41, 5.74) is 1.93. The highest BCUT2D eigenvalue weighted by Crippen LogP contribution is 2.28. The zero-order chi connectivity index (χ0) is 22.4. The molecule has 3 aromatic rings. The largest absolute Gasteiger partial charge is 0.495 e. The average molecular weight is 440 g/mol. The maximum Gasteiger partial charge on any atom is 0.251 e. The van der Waals surface area contributed by atoms with E-state index in [1.165, 1.54) is 30.6 Å². The summed E-state index contributed by atoms with van der Waals surface area (Å²) in [4.78, 5) is 16.8. The summed E-state index contributed by atoms with van der Waals surface area (Å²) in [6.07, 6.45) is 3.33. The molecule has 8 heteroatoms. The molecule has 0 fully saturated rings. The van der Waals surface area contributed by atoms with Crippen LogP contribution in [0.25, 0.3) is 0 Å². The number of nitrogens with one attached hydrogen (secondary N) is 1. The number of hydrogen-bond donors (Lipinski definition) is 1. The molecule has 0 saturated heterocycles. The lowest BCUT2D eigenvalue weighted by Crippen LogP contribution is -2.29. The van der Waals surface area contributed by atoms with Gasteiger partial charge in [0.2, 0.25) is 10.0 Å². The van der Waals surface area contributed by atoms with E-state index in [0.717, 1.165) is 11.1 Å². The number of ether oxygens (including phenoxy) is 1. The number of aromatic nitrogens is 1. The van der Waals surface area contributed by atoms with Crippen molar-refractivity contribution in [1.82, 2.24) is 14.6 Å². The maximum atomic E-state index is 13.2. The van der Waals surface area contributed by atoms with Crippen molar-refractivity contribution in [3.05, 3.63) is 89.7 Å². The van der Waals surface area contributed by atoms with Gasteiger partial charge in [-0.25, -0.2) is 8.42 Å². The second kappa shape index (κ2) is 9.72. The molecule has 7 nitrogen and oxygen atoms in total. The summed E-state index contributed by atoms with van der Waals surface area (Å²) in [5, 5.41) is 2.87. The topological polar surface area (TPSA) is 88.6 Å². The van der Waals surface area contributed by atoms with Gasteiger partial charge in [-0.3, -0.25) is 9.78 Å². The van der Waals surface area contributed by atoms with Crippen molar-refractivity contribution in [1.29, 1.82) is 0 Å². The molecule has 0 spiro atoms. The van der Waals surface area contributed by atoms with E-state index in [1.54, 1.807) is 24.5 Å². The van der Waals surface area contributed by atoms with Gasteiger partial charge in [-0.2, -0.15) is 4.31 Å². The Labute approximate surface area is 182 Å². The van der Waals surface area contributed by atoms with Gasteiger partial charge >= 0.3 is 0 Å². The smallest absolute Gasteiger partial charge is 0.251 e. The predicted octanol–water partition coefficient (Wildman–Crippen LogP) is 3.40. The SMILES string of the molecule is COc1ccc(C(=O)N[C@H](C)c2cccnc2)cc1S(=O)(=O)N(C)Cc1ccccc1. The second-order valence-corrected chi connectivity index (χ2v) is 9.11. The van der Waals surface area contributed by atoms with Gasteiger partial charge in [0.25, 0.3) is 5.91 Å². The first-order valence-electron chi connectivity index (χ1n) is 9.72. The number of sulfonamides is 1. The molecule has 3 rings (SSSR count). The summed E-state index contributed by atoms with van der Waals surface area (Å²) in [5.74, 6) is -0.210. The minimum Gasteiger partial charge on any atom is -0.495 e. The maximum absolute atomic E-state index is 13.2. The predicted molar refractivity (Wildman–Crippen MR) is 118 cm³/mol. The van der Waals surface area contributed by atoms with Crippen molar-refractivity contribution >= 4 is 15.9 Å². The number of rotatable bonds is 8. The Morgan fingerprint density at radius 3 is 2.52 bits per heavy atom. The minimum atomic E-state index is -3.90. The summed E-state index contributed by atoms with van der Waals surface area (Å²) in [6.45, 7) is 2.03. The van der Waals surface area contributed by atoms with Crippen LogP contribution >= 0.6 is 0 Å². The number of benzene rings is 2. The molecule has 1 aromatic heterocycles. The highest BCUT2D eigenvalue weighted by molar-refractivity contribution is 7.89. The van der Waals surface area contributed by atoms with E-state index in [2.05, 4.69) is 10.3 Å². The van der Waals surface area contributed by atoms with Gasteiger partial charge in [-0.1, -0.05) is 36.4 Å². The van der Waals surface area contributed by atoms with Crippen LogP contribution in [0.15, 0.2) is 78.0 Å². The number of pyridine rings is 1. The van der Waals surface area contributed by atoms with Crippen LogP contribution in [-0.4, -0.2) is 37.8 Å². The number of amides is 1. The number of hydrogen-bond acceptors (Lipinski definition) is 5. The fourth-order valence-corrected chi connectivity index (χ4v) is 4.44. The summed E-state index contributed by atoms with van der Waals surface area (Å²) >= 11 is 0. The van der Waals surface area contributed by atoms with Crippen LogP contribution in [-0.2, 0) is 16.6 Å². The van der Waals surface area contributed by atoms with Gasteiger partial charge in [0.05, 0.1) is 13.2 Å². The molecule has 0 saturated carbocycles. The van der Waals surface area contributed by atoms with Gasteiger partial charge < -0.3 is 10.1 Å². The van der Waals surface area contributed by atoms with E-state index in [9.17, 15) is 13.2 Å². The van der Waals surface area contributed by atoms with Gasteiger partial charge in [0, 0.05) is 31.5 Å². The fourth-order valence-electron chi connectivity index (χ4n) is 3.11. The van der Waals surface area contributed by atoms with Crippen molar-refractivity contribution in [3.8, 4) is 5.75 Å². The second-order valence-electron chi connectivity index (χ2n) is 7.09. The Morgan fingerprint density at radius 1 is 1.13 bits per heavy atom. The van der Waals surface area contributed by atoms with Gasteiger partial charge in [0.15, 0.2) is 0 Å². The van der Waals surface area contributed by atoms with Crippen LogP contribution in [0.4, 0.5) is 0 Å². The molecule has 0 aliphatic rings. The third-order valence-electron chi connectivity index (χ3n) is 4.89. The first-order valence-corrected chi connectivity index (χ1v) is 11.2. The molecule has 1 atom stereocenters. The molecular formula is C23H25N3O4S. The molecule has 0 aliphatic carbocycles. The van der Waals surface area contributed by atoms with Crippen molar-refractivity contribution in [2.24, 2.45) is 0 Å². The number of carbonyl (C=O) groups excluding carboxylic acids is 1. The van der Waals surface area contributed by atoms with E-state index in [4.69, 9.17) is 4.74 Å². The molecule has 1 N–H and O–H groups in total. The number of methoxy groups -OCH3 is 1. The summed E-state index contributed by atoms with van der Waals surface area (Å²) in [6, 6.07) is 17.0. The highest BCUT2D eigenvalue weighted by atomic mass is 32.2. The van der Waals surface area contributed by atoms with Crippen molar-refractivity contribution in [2.45, 2.75) is 24.4 Å². The monoisotopic (exact) mass is 439 g/mol. The van der Waals surface area contributed by atoms with E-state index < -0.39 is 10.0 Å². The number of carbonyl (C=O) groups is 1. The Bertz CT molecular complexity index is 1140. The van der Waals surface area contributed by atoms with Crippen LogP contribution < -0.4 is 10.1 Å². The Hall–Kier alpha value is -3.23. The first kappa shape index (κ1) is 22.5. The molecule has 31 heavy (non-hydrogen) atoms. The van der Waals surface area contributed by atoms with E-state index in [0.29, 0.717) is 0 Å². The molecule has 2 aromatic carbocycles. The van der Waals surface area contributed by atoms with Gasteiger partial charge in [0.1, 0.15) is 10.6 Å². The van der Waals surface area contributed by atoms with Gasteiger partial charge in [-0.05, 0) is 42.3 Å². The normalized spacial score (nSPS) is 12.4. The Kier molecular flexibility index (Phi) is 7.04. The summed E-state index contributed by atoms with van der Waals surface area (Å²) in [7, 11) is -1.00. The van der Waals surface area contributed by atoms with E-state index in [1.807, 2.05) is 43.3 Å². The van der Waals surface area contributed by atoms with Crippen molar-refractivity contribution < 1.29 is 17.9 Å². The number of nitrogens with zero attached hydrogens (tertiary/aromatic N) is 2. The molecule has 0 aliphatic heterocycles. The fraction of sp³-hybridized carbons (Fsp3) is 0.217. The lowest BCUT2D eigenvalue weighted by atomic mass is 10.1. The van der Waals surface area contributed by atoms with Crippen LogP contribution in [0, 0.1) is 0 Å². The van der Waals surface area contributed by atoms with Gasteiger partial charge in [-0.15, -0.1) is 0 Å². The third-order valence-corrected chi connectivity index (χ3v) is 6.72. The molecule has 0 unspecified atom stereocenters. The molecule has 0 bridgehead atoms. The lowest BCUT2D eigenvalue weighted by Gasteiger charge is -2.20. The minimum absolute atomic E-state index is 0.0601. The van der Waals surface area contributed by atoms with Crippen molar-refractivity contribution in [3.63, 3.8) is 0 Å². The molecule has 0 radical (unpaired) electrons. The summed E-state index contributed by atoms with van der Waals surface area (Å²) < 4.78 is 33.0. The zero-order valence-corrected chi connectivity index (χ0v) is 18.5. The van der Waals surface area contributed by atoms with Crippen LogP contribution in [0.1, 0.15) is 34.5 Å². The van der Waals surface area contributed by atoms with Crippen molar-refractivity contribution in [2.75, 3.05) is 14.2 Å². The quantitative estimate of drug-likeness (QED) is 0.581.